The van der Waals surface area contributed by atoms with Crippen molar-refractivity contribution in [3.05, 3.63) is 17.6 Å². The minimum Gasteiger partial charge on any atom is -0.480 e. The number of nitrogens with one attached hydrogen (secondary N) is 2. The van der Waals surface area contributed by atoms with Crippen molar-refractivity contribution in [2.45, 2.75) is 70.0 Å². The van der Waals surface area contributed by atoms with E-state index in [9.17, 15) is 24.6 Å². The van der Waals surface area contributed by atoms with Crippen molar-refractivity contribution < 1.29 is 24.6 Å². The topological polar surface area (TPSA) is 244 Å². The molecule has 36 heavy (non-hydrogen) atoms. The maximum atomic E-state index is 12.4. The summed E-state index contributed by atoms with van der Waals surface area (Å²) in [5.74, 6) is -2.25. The Morgan fingerprint density at radius 1 is 1.06 bits per heavy atom. The van der Waals surface area contributed by atoms with E-state index in [1.165, 1.54) is 4.68 Å². The van der Waals surface area contributed by atoms with E-state index < -0.39 is 30.1 Å². The summed E-state index contributed by atoms with van der Waals surface area (Å²) < 4.78 is 1.38. The number of carboxylic acids is 2. The second-order valence-electron chi connectivity index (χ2n) is 7.63. The van der Waals surface area contributed by atoms with Crippen LogP contribution in [0.4, 0.5) is 4.79 Å². The number of carbonyl (C=O) groups excluding carboxylic acids is 1. The zero-order chi connectivity index (χ0) is 26.3. The monoisotopic (exact) mass is 499 g/mol. The third-order valence-electron chi connectivity index (χ3n) is 5.01. The lowest BCUT2D eigenvalue weighted by Crippen LogP contribution is -2.51. The van der Waals surface area contributed by atoms with E-state index in [2.05, 4.69) is 41.6 Å². The molecule has 0 bridgehead atoms. The number of amides is 2. The van der Waals surface area contributed by atoms with E-state index in [0.29, 0.717) is 36.5 Å². The normalized spacial score (nSPS) is 15.3. The summed E-state index contributed by atoms with van der Waals surface area (Å²) in [6.45, 7) is 0.245. The number of tetrazole rings is 1. The van der Waals surface area contributed by atoms with Gasteiger partial charge in [0, 0.05) is 25.0 Å². The molecule has 2 rings (SSSR count). The lowest BCUT2D eigenvalue weighted by molar-refractivity contribution is -0.139. The third-order valence-corrected chi connectivity index (χ3v) is 5.01. The van der Waals surface area contributed by atoms with E-state index in [-0.39, 0.29) is 38.6 Å². The van der Waals surface area contributed by atoms with Crippen molar-refractivity contribution in [2.75, 3.05) is 0 Å². The second-order valence-corrected chi connectivity index (χ2v) is 7.63. The van der Waals surface area contributed by atoms with E-state index in [4.69, 9.17) is 10.5 Å². The zero-order valence-electron chi connectivity index (χ0n) is 19.2. The minimum atomic E-state index is -1.33. The predicted octanol–water partition coefficient (Wildman–Crippen LogP) is 0.905. The van der Waals surface area contributed by atoms with Gasteiger partial charge in [0.15, 0.2) is 5.82 Å². The van der Waals surface area contributed by atoms with E-state index in [1.807, 2.05) is 12.1 Å². The van der Waals surface area contributed by atoms with Crippen LogP contribution in [0.25, 0.3) is 0 Å². The Morgan fingerprint density at radius 3 is 2.36 bits per heavy atom. The fourth-order valence-corrected chi connectivity index (χ4v) is 3.17. The summed E-state index contributed by atoms with van der Waals surface area (Å²) in [4.78, 5) is 35.6. The molecule has 0 aromatic carbocycles. The number of nitriles is 2. The molecule has 16 nitrogen and oxygen atoms in total. The maximum Gasteiger partial charge on any atom is 0.326 e. The number of nitrogens with zero attached hydrogens (tertiary/aromatic N) is 9. The number of hydrogen-bond donors (Lipinski definition) is 4. The van der Waals surface area contributed by atoms with Gasteiger partial charge in [0.05, 0.1) is 30.8 Å². The molecule has 0 saturated heterocycles. The molecule has 1 aromatic rings. The highest BCUT2D eigenvalue weighted by Crippen LogP contribution is 2.16. The average Bonchev–Trinajstić information content (AvgIpc) is 3.30. The quantitative estimate of drug-likeness (QED) is 0.263. The van der Waals surface area contributed by atoms with Crippen LogP contribution in [0.1, 0.15) is 50.8 Å². The molecular formula is C20H25N11O5. The zero-order valence-corrected chi connectivity index (χ0v) is 19.2. The van der Waals surface area contributed by atoms with Gasteiger partial charge in [0.2, 0.25) is 0 Å². The van der Waals surface area contributed by atoms with Crippen LogP contribution in [0.5, 0.6) is 0 Å². The van der Waals surface area contributed by atoms with E-state index in [0.717, 1.165) is 0 Å². The van der Waals surface area contributed by atoms with Crippen molar-refractivity contribution in [1.29, 1.82) is 10.5 Å². The van der Waals surface area contributed by atoms with Gasteiger partial charge in [-0.15, -0.1) is 15.3 Å². The Balaban J connectivity index is 1.89. The van der Waals surface area contributed by atoms with Gasteiger partial charge in [-0.2, -0.15) is 10.5 Å². The molecule has 1 unspecified atom stereocenters. The third kappa shape index (κ3) is 9.26. The first kappa shape index (κ1) is 27.5. The number of allylic oxidation sites excluding steroid dienone is 2. The number of aryl methyl sites for hydroxylation is 2. The van der Waals surface area contributed by atoms with Crippen LogP contribution in [0.2, 0.25) is 0 Å². The van der Waals surface area contributed by atoms with Gasteiger partial charge in [-0.3, -0.25) is 0 Å². The molecule has 0 spiro atoms. The summed E-state index contributed by atoms with van der Waals surface area (Å²) in [7, 11) is 0. The molecule has 190 valence electrons. The second kappa shape index (κ2) is 14.5. The van der Waals surface area contributed by atoms with E-state index in [1.54, 1.807) is 6.08 Å². The largest absolute Gasteiger partial charge is 0.480 e. The summed E-state index contributed by atoms with van der Waals surface area (Å²) in [5, 5.41) is 63.2. The number of hydrogen-bond acceptors (Lipinski definition) is 11. The molecule has 2 amide bonds. The first-order chi connectivity index (χ1) is 17.3. The summed E-state index contributed by atoms with van der Waals surface area (Å²) in [6, 6.07) is 0.391. The lowest BCUT2D eigenvalue weighted by Gasteiger charge is -2.19. The van der Waals surface area contributed by atoms with Crippen LogP contribution < -0.4 is 10.6 Å². The Morgan fingerprint density at radius 2 is 1.72 bits per heavy atom. The fraction of sp³-hybridized carbons (Fsp3) is 0.550. The lowest BCUT2D eigenvalue weighted by atomic mass is 10.0. The molecule has 1 aromatic heterocycles. The molecule has 1 aliphatic rings. The number of aliphatic carboxylic acids is 2. The number of urea groups is 1. The van der Waals surface area contributed by atoms with Crippen LogP contribution in [-0.4, -0.2) is 66.2 Å². The first-order valence-corrected chi connectivity index (χ1v) is 11.0. The molecule has 16 heteroatoms. The molecule has 1 aliphatic heterocycles. The minimum absolute atomic E-state index is 0.00597. The Bertz CT molecular complexity index is 1110. The smallest absolute Gasteiger partial charge is 0.326 e. The summed E-state index contributed by atoms with van der Waals surface area (Å²) in [6.07, 6.45) is 3.38. The van der Waals surface area contributed by atoms with Crippen molar-refractivity contribution in [3.63, 3.8) is 0 Å². The van der Waals surface area contributed by atoms with E-state index >= 15 is 0 Å². The maximum absolute atomic E-state index is 12.4. The fourth-order valence-electron chi connectivity index (χ4n) is 3.17. The number of carboxylic acid groups (broad SMARTS) is 2. The Hall–Kier alpha value is -4.73. The number of aromatic nitrogens is 4. The molecule has 0 aliphatic carbocycles. The van der Waals surface area contributed by atoms with Crippen molar-refractivity contribution >= 4 is 23.7 Å². The van der Waals surface area contributed by atoms with Crippen LogP contribution >= 0.6 is 0 Å². The summed E-state index contributed by atoms with van der Waals surface area (Å²) in [5.41, 5.74) is 1.19. The number of unbranched alkanes of at least 4 members (excludes halogenated alkanes) is 1. The number of rotatable bonds is 14. The Kier molecular flexibility index (Phi) is 11.1. The van der Waals surface area contributed by atoms with Crippen LogP contribution in [0.15, 0.2) is 27.2 Å². The van der Waals surface area contributed by atoms with Gasteiger partial charge in [0.25, 0.3) is 0 Å². The van der Waals surface area contributed by atoms with Gasteiger partial charge >= 0.3 is 18.0 Å². The van der Waals surface area contributed by atoms with Gasteiger partial charge in [-0.05, 0) is 41.3 Å². The predicted molar refractivity (Wildman–Crippen MR) is 120 cm³/mol. The first-order valence-electron chi connectivity index (χ1n) is 11.0. The molecule has 4 N–H and O–H groups in total. The standard InChI is InChI=1S/C20H25N11O5/c21-9-2-1-4-13-12-14(26-28-25-13)5-6-15(18(32)33)23-20(36)24-16(19(34)35)7-8-17-27-29-30-31(17)11-3-10-22/h4,15-16H,1-3,5-8,11-12H2,(H,32,33)(H,34,35)(H2,23,24,36)/b13-4-/t15-,16?/m0/s1. The molecule has 0 saturated carbocycles. The molecular weight excluding hydrogens is 474 g/mol. The highest BCUT2D eigenvalue weighted by Gasteiger charge is 2.25. The highest BCUT2D eigenvalue weighted by molar-refractivity contribution is 5.89. The van der Waals surface area contributed by atoms with Crippen molar-refractivity contribution in [1.82, 2.24) is 30.8 Å². The van der Waals surface area contributed by atoms with Gasteiger partial charge in [0.1, 0.15) is 12.1 Å². The van der Waals surface area contributed by atoms with Gasteiger partial charge in [-0.1, -0.05) is 6.08 Å². The average molecular weight is 499 g/mol. The van der Waals surface area contributed by atoms with Gasteiger partial charge in [-0.25, -0.2) is 19.1 Å². The SMILES string of the molecule is N#CCC/C=C1/CC(CC[C@H](NC(=O)NC(CCc2nnnn2CCC#N)C(=O)O)C(=O)O)=NN=N1. The van der Waals surface area contributed by atoms with Crippen molar-refractivity contribution in [3.8, 4) is 12.1 Å². The molecule has 2 heterocycles. The molecule has 0 radical (unpaired) electrons. The van der Waals surface area contributed by atoms with Crippen LogP contribution in [-0.2, 0) is 22.6 Å². The van der Waals surface area contributed by atoms with Gasteiger partial charge < -0.3 is 20.8 Å². The highest BCUT2D eigenvalue weighted by atomic mass is 16.4. The van der Waals surface area contributed by atoms with Crippen molar-refractivity contribution in [2.24, 2.45) is 15.4 Å². The molecule has 0 fully saturated rings. The molecule has 2 atom stereocenters. The van der Waals surface area contributed by atoms with Crippen LogP contribution in [0.3, 0.4) is 0 Å². The summed E-state index contributed by atoms with van der Waals surface area (Å²) >= 11 is 0. The number of carbonyl (C=O) groups is 3. The van der Waals surface area contributed by atoms with Crippen LogP contribution in [0, 0.1) is 22.7 Å². The Labute approximate surface area is 205 Å².